The molecule has 2 N–H and O–H groups in total. The highest BCUT2D eigenvalue weighted by atomic mass is 35.5. The first kappa shape index (κ1) is 12.2. The van der Waals surface area contributed by atoms with Crippen molar-refractivity contribution >= 4 is 29.0 Å². The van der Waals surface area contributed by atoms with Crippen LogP contribution >= 0.6 is 23.2 Å². The van der Waals surface area contributed by atoms with Crippen LogP contribution in [-0.4, -0.2) is 4.98 Å². The number of aromatic nitrogens is 1. The molecule has 0 fully saturated rings. The highest BCUT2D eigenvalue weighted by Gasteiger charge is 2.04. The number of hydrogen-bond acceptors (Lipinski definition) is 2. The molecule has 0 aliphatic heterocycles. The standard InChI is InChI=1S/C13H12Cl2N2/c14-11-5-6-12(15)10(8-11)4-3-9-2-1-7-17-13(9)16/h1-2,5-8H,3-4H2,(H2,16,17). The number of nitrogens with zero attached hydrogens (tertiary/aromatic N) is 1. The zero-order valence-electron chi connectivity index (χ0n) is 9.16. The molecule has 0 amide bonds. The maximum Gasteiger partial charge on any atom is 0.126 e. The summed E-state index contributed by atoms with van der Waals surface area (Å²) in [5.74, 6) is 0.575. The fourth-order valence-electron chi connectivity index (χ4n) is 1.67. The van der Waals surface area contributed by atoms with E-state index in [-0.39, 0.29) is 0 Å². The summed E-state index contributed by atoms with van der Waals surface area (Å²) in [4.78, 5) is 4.05. The largest absolute Gasteiger partial charge is 0.383 e. The van der Waals surface area contributed by atoms with Crippen molar-refractivity contribution < 1.29 is 0 Å². The van der Waals surface area contributed by atoms with Gasteiger partial charge in [0, 0.05) is 16.2 Å². The number of benzene rings is 1. The smallest absolute Gasteiger partial charge is 0.126 e. The van der Waals surface area contributed by atoms with Crippen LogP contribution in [0.4, 0.5) is 5.82 Å². The lowest BCUT2D eigenvalue weighted by atomic mass is 10.1. The van der Waals surface area contributed by atoms with Gasteiger partial charge in [0.2, 0.25) is 0 Å². The van der Waals surface area contributed by atoms with E-state index in [2.05, 4.69) is 4.98 Å². The van der Waals surface area contributed by atoms with E-state index < -0.39 is 0 Å². The summed E-state index contributed by atoms with van der Waals surface area (Å²) in [7, 11) is 0. The van der Waals surface area contributed by atoms with Gasteiger partial charge in [-0.25, -0.2) is 4.98 Å². The molecular formula is C13H12Cl2N2. The van der Waals surface area contributed by atoms with Crippen molar-refractivity contribution in [3.63, 3.8) is 0 Å². The SMILES string of the molecule is Nc1ncccc1CCc1cc(Cl)ccc1Cl. The lowest BCUT2D eigenvalue weighted by Gasteiger charge is -2.06. The van der Waals surface area contributed by atoms with Crippen molar-refractivity contribution in [1.29, 1.82) is 0 Å². The zero-order chi connectivity index (χ0) is 12.3. The van der Waals surface area contributed by atoms with Crippen molar-refractivity contribution in [3.8, 4) is 0 Å². The second-order valence-corrected chi connectivity index (χ2v) is 4.63. The van der Waals surface area contributed by atoms with Crippen LogP contribution in [0.2, 0.25) is 10.0 Å². The second kappa shape index (κ2) is 5.39. The first-order chi connectivity index (χ1) is 8.16. The number of anilines is 1. The van der Waals surface area contributed by atoms with E-state index in [0.29, 0.717) is 10.8 Å². The zero-order valence-corrected chi connectivity index (χ0v) is 10.7. The summed E-state index contributed by atoms with van der Waals surface area (Å²) < 4.78 is 0. The Labute approximate surface area is 110 Å². The van der Waals surface area contributed by atoms with Gasteiger partial charge in [-0.1, -0.05) is 29.3 Å². The average molecular weight is 267 g/mol. The summed E-state index contributed by atoms with van der Waals surface area (Å²) in [6, 6.07) is 9.33. The van der Waals surface area contributed by atoms with Gasteiger partial charge in [0.1, 0.15) is 5.82 Å². The molecule has 17 heavy (non-hydrogen) atoms. The summed E-state index contributed by atoms with van der Waals surface area (Å²) in [6.07, 6.45) is 3.29. The van der Waals surface area contributed by atoms with Crippen LogP contribution < -0.4 is 5.73 Å². The van der Waals surface area contributed by atoms with Crippen molar-refractivity contribution in [1.82, 2.24) is 4.98 Å². The summed E-state index contributed by atoms with van der Waals surface area (Å²) in [6.45, 7) is 0. The number of nitrogens with two attached hydrogens (primary N) is 1. The molecule has 4 heteroatoms. The molecule has 1 aromatic carbocycles. The van der Waals surface area contributed by atoms with Gasteiger partial charge >= 0.3 is 0 Å². The van der Waals surface area contributed by atoms with Gasteiger partial charge in [-0.15, -0.1) is 0 Å². The maximum atomic E-state index is 6.10. The first-order valence-corrected chi connectivity index (χ1v) is 6.05. The third kappa shape index (κ3) is 3.11. The number of pyridine rings is 1. The fraction of sp³-hybridized carbons (Fsp3) is 0.154. The lowest BCUT2D eigenvalue weighted by molar-refractivity contribution is 0.955. The van der Waals surface area contributed by atoms with E-state index >= 15 is 0 Å². The Morgan fingerprint density at radius 2 is 1.82 bits per heavy atom. The molecule has 0 spiro atoms. The summed E-state index contributed by atoms with van der Waals surface area (Å²) in [5, 5.41) is 1.43. The van der Waals surface area contributed by atoms with Crippen LogP contribution in [0.25, 0.3) is 0 Å². The van der Waals surface area contributed by atoms with Crippen LogP contribution in [0.3, 0.4) is 0 Å². The monoisotopic (exact) mass is 266 g/mol. The van der Waals surface area contributed by atoms with Crippen LogP contribution in [-0.2, 0) is 12.8 Å². The van der Waals surface area contributed by atoms with Gasteiger partial charge in [-0.2, -0.15) is 0 Å². The third-order valence-corrected chi connectivity index (χ3v) is 3.20. The van der Waals surface area contributed by atoms with Gasteiger partial charge in [0.25, 0.3) is 0 Å². The molecule has 2 aromatic rings. The Kier molecular flexibility index (Phi) is 3.87. The first-order valence-electron chi connectivity index (χ1n) is 5.30. The number of hydrogen-bond donors (Lipinski definition) is 1. The molecule has 88 valence electrons. The highest BCUT2D eigenvalue weighted by Crippen LogP contribution is 2.22. The molecule has 1 aromatic heterocycles. The van der Waals surface area contributed by atoms with Crippen LogP contribution in [0, 0.1) is 0 Å². The van der Waals surface area contributed by atoms with E-state index in [1.54, 1.807) is 12.3 Å². The average Bonchev–Trinajstić information content (AvgIpc) is 2.32. The van der Waals surface area contributed by atoms with Gasteiger partial charge in [0.15, 0.2) is 0 Å². The van der Waals surface area contributed by atoms with Crippen LogP contribution in [0.1, 0.15) is 11.1 Å². The Hall–Kier alpha value is -1.25. The molecular weight excluding hydrogens is 255 g/mol. The van der Waals surface area contributed by atoms with Crippen LogP contribution in [0.5, 0.6) is 0 Å². The quantitative estimate of drug-likeness (QED) is 0.919. The van der Waals surface area contributed by atoms with Crippen molar-refractivity contribution in [2.45, 2.75) is 12.8 Å². The molecule has 0 aliphatic carbocycles. The molecule has 1 heterocycles. The predicted octanol–water partition coefficient (Wildman–Crippen LogP) is 3.76. The lowest BCUT2D eigenvalue weighted by Crippen LogP contribution is -1.99. The summed E-state index contributed by atoms with van der Waals surface area (Å²) >= 11 is 12.0. The third-order valence-electron chi connectivity index (χ3n) is 2.60. The van der Waals surface area contributed by atoms with Gasteiger partial charge in [-0.05, 0) is 48.2 Å². The molecule has 2 nitrogen and oxygen atoms in total. The van der Waals surface area contributed by atoms with E-state index in [1.807, 2.05) is 24.3 Å². The number of halogens is 2. The highest BCUT2D eigenvalue weighted by molar-refractivity contribution is 6.33. The van der Waals surface area contributed by atoms with E-state index in [0.717, 1.165) is 29.0 Å². The van der Waals surface area contributed by atoms with E-state index in [4.69, 9.17) is 28.9 Å². The molecule has 0 radical (unpaired) electrons. The molecule has 0 saturated heterocycles. The molecule has 0 atom stereocenters. The molecule has 0 aliphatic rings. The van der Waals surface area contributed by atoms with Gasteiger partial charge in [0.05, 0.1) is 0 Å². The molecule has 0 saturated carbocycles. The second-order valence-electron chi connectivity index (χ2n) is 3.78. The number of rotatable bonds is 3. The maximum absolute atomic E-state index is 6.10. The predicted molar refractivity (Wildman–Crippen MR) is 72.5 cm³/mol. The minimum absolute atomic E-state index is 0.575. The summed E-state index contributed by atoms with van der Waals surface area (Å²) in [5.41, 5.74) is 7.84. The Morgan fingerprint density at radius 1 is 1.06 bits per heavy atom. The number of nitrogen functional groups attached to an aromatic ring is 1. The van der Waals surface area contributed by atoms with E-state index in [1.165, 1.54) is 0 Å². The van der Waals surface area contributed by atoms with Gasteiger partial charge in [-0.3, -0.25) is 0 Å². The minimum atomic E-state index is 0.575. The normalized spacial score (nSPS) is 10.5. The minimum Gasteiger partial charge on any atom is -0.383 e. The van der Waals surface area contributed by atoms with Crippen molar-refractivity contribution in [3.05, 3.63) is 57.7 Å². The van der Waals surface area contributed by atoms with Gasteiger partial charge < -0.3 is 5.73 Å². The fourth-order valence-corrected chi connectivity index (χ4v) is 2.07. The van der Waals surface area contributed by atoms with Crippen LogP contribution in [0.15, 0.2) is 36.5 Å². The molecule has 0 bridgehead atoms. The molecule has 2 rings (SSSR count). The topological polar surface area (TPSA) is 38.9 Å². The van der Waals surface area contributed by atoms with Crippen molar-refractivity contribution in [2.24, 2.45) is 0 Å². The Bertz CT molecular complexity index is 527. The Morgan fingerprint density at radius 3 is 2.59 bits per heavy atom. The van der Waals surface area contributed by atoms with E-state index in [9.17, 15) is 0 Å². The van der Waals surface area contributed by atoms with Crippen molar-refractivity contribution in [2.75, 3.05) is 5.73 Å². The number of aryl methyl sites for hydroxylation is 2. The Balaban J connectivity index is 2.12. The molecule has 0 unspecified atom stereocenters.